The molecule has 0 saturated heterocycles. The lowest BCUT2D eigenvalue weighted by Crippen LogP contribution is -2.54. The molecule has 2 rings (SSSR count). The number of hydrogen-bond donors (Lipinski definition) is 7. The lowest BCUT2D eigenvalue weighted by atomic mass is 9.97. The van der Waals surface area contributed by atoms with Gasteiger partial charge in [0.2, 0.25) is 23.6 Å². The van der Waals surface area contributed by atoms with Crippen LogP contribution in [0.15, 0.2) is 36.4 Å². The molecule has 1 unspecified atom stereocenters. The van der Waals surface area contributed by atoms with Gasteiger partial charge in [0.25, 0.3) is 11.8 Å². The standard InChI is InChI=1S/C41H65N7O13/c1-28(2)36(38(54)46-31(7-6-16-44-40(42)56)37(53)45-30-10-8-29(9-11-30)27-61-39(55)41(3,4)5)47-33(50)15-19-57-21-23-59-25-26-60-24-22-58-20-17-43-32(49)14-18-48-34(51)12-13-35(48)52/h8-13,28,31,36,40,44,56H,6-7,14-27,42H2,1-5H3,(H,43,49)(H,45,53)(H,46,54)(H,47,50)/t31-,36-,40?/m1/s1. The number of nitrogens with one attached hydrogen (secondary N) is 5. The van der Waals surface area contributed by atoms with Crippen LogP contribution in [0.2, 0.25) is 0 Å². The lowest BCUT2D eigenvalue weighted by Gasteiger charge is -2.25. The topological polar surface area (TPSA) is 275 Å². The Morgan fingerprint density at radius 2 is 1.33 bits per heavy atom. The second-order valence-electron chi connectivity index (χ2n) is 15.4. The van der Waals surface area contributed by atoms with Crippen LogP contribution in [0.5, 0.6) is 0 Å². The molecule has 1 aromatic rings. The SMILES string of the molecule is CC(C)[C@@H](NC(=O)CCOCCOCCOCCOCCNC(=O)CCN1C(=O)C=CC1=O)C(=O)N[C@H](CCCNC(N)O)C(=O)Nc1ccc(COC(=O)C(C)(C)C)cc1. The van der Waals surface area contributed by atoms with E-state index in [0.717, 1.165) is 10.5 Å². The van der Waals surface area contributed by atoms with Crippen LogP contribution in [0.1, 0.15) is 65.9 Å². The zero-order valence-corrected chi connectivity index (χ0v) is 36.0. The molecule has 1 aliphatic rings. The highest BCUT2D eigenvalue weighted by molar-refractivity contribution is 6.13. The van der Waals surface area contributed by atoms with Crippen LogP contribution in [-0.4, -0.2) is 142 Å². The summed E-state index contributed by atoms with van der Waals surface area (Å²) >= 11 is 0. The molecule has 3 atom stereocenters. The first-order valence-corrected chi connectivity index (χ1v) is 20.4. The summed E-state index contributed by atoms with van der Waals surface area (Å²) in [5.41, 5.74) is 5.91. The van der Waals surface area contributed by atoms with Gasteiger partial charge in [-0.2, -0.15) is 0 Å². The number of imide groups is 1. The van der Waals surface area contributed by atoms with E-state index >= 15 is 0 Å². The van der Waals surface area contributed by atoms with Gasteiger partial charge in [0, 0.05) is 43.8 Å². The van der Waals surface area contributed by atoms with E-state index in [1.54, 1.807) is 58.9 Å². The lowest BCUT2D eigenvalue weighted by molar-refractivity contribution is -0.154. The molecule has 0 spiro atoms. The van der Waals surface area contributed by atoms with Crippen molar-refractivity contribution in [1.29, 1.82) is 0 Å². The predicted molar refractivity (Wildman–Crippen MR) is 222 cm³/mol. The molecule has 20 heteroatoms. The van der Waals surface area contributed by atoms with Gasteiger partial charge in [-0.05, 0) is 63.8 Å². The Bertz CT molecular complexity index is 1560. The molecule has 6 amide bonds. The largest absolute Gasteiger partial charge is 0.460 e. The number of nitrogens with zero attached hydrogens (tertiary/aromatic N) is 1. The van der Waals surface area contributed by atoms with Crippen LogP contribution in [0, 0.1) is 11.3 Å². The molecule has 1 aromatic carbocycles. The summed E-state index contributed by atoms with van der Waals surface area (Å²) in [7, 11) is 0. The first-order chi connectivity index (χ1) is 29.0. The Hall–Kier alpha value is -4.83. The maximum Gasteiger partial charge on any atom is 0.311 e. The smallest absolute Gasteiger partial charge is 0.311 e. The third kappa shape index (κ3) is 22.5. The van der Waals surface area contributed by atoms with Crippen LogP contribution < -0.4 is 32.3 Å². The number of benzene rings is 1. The first-order valence-electron chi connectivity index (χ1n) is 20.4. The van der Waals surface area contributed by atoms with E-state index in [0.29, 0.717) is 38.5 Å². The Morgan fingerprint density at radius 1 is 0.754 bits per heavy atom. The van der Waals surface area contributed by atoms with E-state index in [4.69, 9.17) is 29.4 Å². The van der Waals surface area contributed by atoms with Gasteiger partial charge in [0.05, 0.1) is 58.3 Å². The van der Waals surface area contributed by atoms with E-state index in [-0.39, 0.29) is 89.7 Å². The third-order valence-electron chi connectivity index (χ3n) is 8.75. The zero-order chi connectivity index (χ0) is 45.2. The van der Waals surface area contributed by atoms with Crippen LogP contribution in [0.25, 0.3) is 0 Å². The van der Waals surface area contributed by atoms with Gasteiger partial charge >= 0.3 is 5.97 Å². The zero-order valence-electron chi connectivity index (χ0n) is 36.0. The summed E-state index contributed by atoms with van der Waals surface area (Å²) in [5.74, 6) is -3.23. The van der Waals surface area contributed by atoms with Crippen molar-refractivity contribution in [2.24, 2.45) is 17.1 Å². The number of carbonyl (C=O) groups excluding carboxylic acids is 7. The predicted octanol–water partition coefficient (Wildman–Crippen LogP) is -0.168. The number of anilines is 1. The maximum atomic E-state index is 13.4. The number of carbonyl (C=O) groups is 7. The Balaban J connectivity index is 1.64. The van der Waals surface area contributed by atoms with E-state index in [9.17, 15) is 38.7 Å². The molecule has 1 aliphatic heterocycles. The molecule has 8 N–H and O–H groups in total. The Kier molecular flexibility index (Phi) is 24.6. The van der Waals surface area contributed by atoms with Gasteiger partial charge < -0.3 is 50.1 Å². The van der Waals surface area contributed by atoms with Gasteiger partial charge in [0.1, 0.15) is 18.7 Å². The average molecular weight is 864 g/mol. The fourth-order valence-corrected chi connectivity index (χ4v) is 5.29. The number of aliphatic hydroxyl groups excluding tert-OH is 1. The highest BCUT2D eigenvalue weighted by Crippen LogP contribution is 2.18. The van der Waals surface area contributed by atoms with Crippen molar-refractivity contribution in [1.82, 2.24) is 26.2 Å². The molecule has 0 bridgehead atoms. The Morgan fingerprint density at radius 3 is 1.89 bits per heavy atom. The second kappa shape index (κ2) is 28.7. The summed E-state index contributed by atoms with van der Waals surface area (Å²) < 4.78 is 27.2. The van der Waals surface area contributed by atoms with E-state index in [1.807, 2.05) is 0 Å². The number of aliphatic hydroxyl groups is 1. The number of nitrogens with two attached hydrogens (primary N) is 1. The summed E-state index contributed by atoms with van der Waals surface area (Å²) in [6.45, 7) is 11.6. The van der Waals surface area contributed by atoms with Gasteiger partial charge in [-0.25, -0.2) is 0 Å². The minimum Gasteiger partial charge on any atom is -0.460 e. The second-order valence-corrected chi connectivity index (χ2v) is 15.4. The van der Waals surface area contributed by atoms with Crippen molar-refractivity contribution < 1.29 is 62.4 Å². The first kappa shape index (κ1) is 52.3. The molecule has 0 aliphatic carbocycles. The molecule has 61 heavy (non-hydrogen) atoms. The highest BCUT2D eigenvalue weighted by atomic mass is 16.6. The number of hydrogen-bond acceptors (Lipinski definition) is 15. The minimum absolute atomic E-state index is 0.00989. The van der Waals surface area contributed by atoms with Crippen molar-refractivity contribution in [2.45, 2.75) is 85.3 Å². The molecule has 20 nitrogen and oxygen atoms in total. The van der Waals surface area contributed by atoms with Crippen LogP contribution in [0.3, 0.4) is 0 Å². The number of rotatable bonds is 31. The van der Waals surface area contributed by atoms with Crippen LogP contribution in [-0.2, 0) is 63.9 Å². The van der Waals surface area contributed by atoms with Crippen LogP contribution >= 0.6 is 0 Å². The number of ether oxygens (including phenoxy) is 5. The fourth-order valence-electron chi connectivity index (χ4n) is 5.29. The van der Waals surface area contributed by atoms with Crippen LogP contribution in [0.4, 0.5) is 5.69 Å². The third-order valence-corrected chi connectivity index (χ3v) is 8.75. The van der Waals surface area contributed by atoms with Gasteiger partial charge in [-0.1, -0.05) is 26.0 Å². The van der Waals surface area contributed by atoms with E-state index in [1.165, 1.54) is 12.2 Å². The molecule has 1 heterocycles. The van der Waals surface area contributed by atoms with Crippen molar-refractivity contribution in [3.05, 3.63) is 42.0 Å². The van der Waals surface area contributed by atoms with Crippen molar-refractivity contribution in [3.8, 4) is 0 Å². The maximum absolute atomic E-state index is 13.4. The number of esters is 1. The van der Waals surface area contributed by atoms with E-state index < -0.39 is 53.4 Å². The monoisotopic (exact) mass is 863 g/mol. The van der Waals surface area contributed by atoms with Crippen molar-refractivity contribution in [3.63, 3.8) is 0 Å². The molecule has 0 aromatic heterocycles. The molecule has 342 valence electrons. The van der Waals surface area contributed by atoms with Crippen molar-refractivity contribution in [2.75, 3.05) is 77.8 Å². The van der Waals surface area contributed by atoms with Gasteiger partial charge in [0.15, 0.2) is 6.35 Å². The molecular weight excluding hydrogens is 798 g/mol. The van der Waals surface area contributed by atoms with Gasteiger partial charge in [-0.3, -0.25) is 49.5 Å². The molecular formula is C41H65N7O13. The normalized spacial score (nSPS) is 14.1. The summed E-state index contributed by atoms with van der Waals surface area (Å²) in [6, 6.07) is 4.83. The Labute approximate surface area is 357 Å². The summed E-state index contributed by atoms with van der Waals surface area (Å²) in [5, 5.41) is 23.0. The van der Waals surface area contributed by atoms with Crippen molar-refractivity contribution >= 4 is 47.1 Å². The molecule has 0 saturated carbocycles. The molecule has 0 radical (unpaired) electrons. The summed E-state index contributed by atoms with van der Waals surface area (Å²) in [4.78, 5) is 87.6. The average Bonchev–Trinajstić information content (AvgIpc) is 3.53. The quantitative estimate of drug-likeness (QED) is 0.0221. The number of amides is 6. The van der Waals surface area contributed by atoms with Gasteiger partial charge in [-0.15, -0.1) is 0 Å². The fraction of sp³-hybridized carbons (Fsp3) is 0.634. The minimum atomic E-state index is -1.24. The van der Waals surface area contributed by atoms with E-state index in [2.05, 4.69) is 26.6 Å². The summed E-state index contributed by atoms with van der Waals surface area (Å²) in [6.07, 6.45) is 1.69. The molecule has 0 fully saturated rings. The highest BCUT2D eigenvalue weighted by Gasteiger charge is 2.29.